The number of carbonyl (C=O) groups excluding carboxylic acids is 3. The van der Waals surface area contributed by atoms with Crippen molar-refractivity contribution < 1.29 is 37.0 Å². The lowest BCUT2D eigenvalue weighted by molar-refractivity contribution is -0.137. The zero-order valence-electron chi connectivity index (χ0n) is 25.7. The van der Waals surface area contributed by atoms with Gasteiger partial charge in [0.15, 0.2) is 6.61 Å². The molecule has 2 N–H and O–H groups in total. The molecule has 7 atom stereocenters. The number of para-hydroxylation sites is 2. The lowest BCUT2D eigenvalue weighted by Crippen LogP contribution is -2.42. The summed E-state index contributed by atoms with van der Waals surface area (Å²) >= 11 is 2.55. The summed E-state index contributed by atoms with van der Waals surface area (Å²) in [7, 11) is 1.55. The number of H-pyrrole nitrogens is 1. The van der Waals surface area contributed by atoms with Crippen molar-refractivity contribution in [3.63, 3.8) is 0 Å². The molecule has 3 heterocycles. The minimum Gasteiger partial charge on any atom is -0.497 e. The number of ether oxygens (including phenoxy) is 2. The van der Waals surface area contributed by atoms with E-state index in [4.69, 9.17) is 9.47 Å². The molecule has 2 bridgehead atoms. The third kappa shape index (κ3) is 5.14. The summed E-state index contributed by atoms with van der Waals surface area (Å²) in [6, 6.07) is 18.8. The van der Waals surface area contributed by atoms with Crippen LogP contribution in [0.25, 0.3) is 0 Å². The zero-order chi connectivity index (χ0) is 34.2. The summed E-state index contributed by atoms with van der Waals surface area (Å²) in [5.41, 5.74) is -0.181. The number of hydrogen-bond donors (Lipinski definition) is 2. The molecule has 8 rings (SSSR count). The Morgan fingerprint density at radius 1 is 0.959 bits per heavy atom. The number of halogens is 3. The van der Waals surface area contributed by atoms with E-state index in [2.05, 4.69) is 10.3 Å². The van der Waals surface area contributed by atoms with Gasteiger partial charge >= 0.3 is 11.0 Å². The van der Waals surface area contributed by atoms with Crippen LogP contribution in [0.5, 0.6) is 11.5 Å². The average Bonchev–Trinajstić information content (AvgIpc) is 3.82. The molecule has 4 aliphatic rings. The molecule has 3 fully saturated rings. The van der Waals surface area contributed by atoms with Crippen LogP contribution in [0.2, 0.25) is 0 Å². The molecule has 0 radical (unpaired) electrons. The molecule has 14 heteroatoms. The number of amides is 3. The van der Waals surface area contributed by atoms with Gasteiger partial charge in [0.05, 0.1) is 35.2 Å². The molecular weight excluding hydrogens is 680 g/mol. The van der Waals surface area contributed by atoms with Crippen LogP contribution >= 0.6 is 23.1 Å². The fourth-order valence-electron chi connectivity index (χ4n) is 8.39. The Balaban J connectivity index is 1.12. The van der Waals surface area contributed by atoms with E-state index >= 15 is 0 Å². The van der Waals surface area contributed by atoms with E-state index in [1.54, 1.807) is 43.5 Å². The van der Waals surface area contributed by atoms with E-state index in [-0.39, 0.29) is 40.4 Å². The molecule has 9 nitrogen and oxygen atoms in total. The minimum atomic E-state index is -4.75. The summed E-state index contributed by atoms with van der Waals surface area (Å²) in [6.45, 7) is -0.299. The van der Waals surface area contributed by atoms with Crippen LogP contribution < -0.4 is 24.6 Å². The number of aromatic nitrogens is 1. The number of alkyl halides is 3. The third-order valence-electron chi connectivity index (χ3n) is 10.2. The number of thioether (sulfide) groups is 1. The normalized spacial score (nSPS) is 26.7. The van der Waals surface area contributed by atoms with Crippen molar-refractivity contribution in [2.24, 2.45) is 29.6 Å². The third-order valence-corrected chi connectivity index (χ3v) is 12.7. The van der Waals surface area contributed by atoms with Gasteiger partial charge in [0.1, 0.15) is 11.5 Å². The highest BCUT2D eigenvalue weighted by molar-refractivity contribution is 8.00. The summed E-state index contributed by atoms with van der Waals surface area (Å²) in [6.07, 6.45) is -4.19. The van der Waals surface area contributed by atoms with Gasteiger partial charge in [-0.25, -0.2) is 4.90 Å². The lowest BCUT2D eigenvalue weighted by Gasteiger charge is -2.43. The highest BCUT2D eigenvalue weighted by atomic mass is 32.2. The van der Waals surface area contributed by atoms with Crippen molar-refractivity contribution in [3.8, 4) is 11.5 Å². The Hall–Kier alpha value is -4.56. The van der Waals surface area contributed by atoms with Crippen LogP contribution in [0.1, 0.15) is 28.3 Å². The van der Waals surface area contributed by atoms with E-state index in [0.717, 1.165) is 32.7 Å². The number of fused-ring (bicyclic) bond motifs is 9. The second-order valence-electron chi connectivity index (χ2n) is 12.6. The van der Waals surface area contributed by atoms with Gasteiger partial charge in [-0.15, -0.1) is 11.8 Å². The van der Waals surface area contributed by atoms with Gasteiger partial charge in [0.2, 0.25) is 11.8 Å². The lowest BCUT2D eigenvalue weighted by atomic mass is 9.68. The summed E-state index contributed by atoms with van der Waals surface area (Å²) in [5.74, 6) is -3.32. The second kappa shape index (κ2) is 11.8. The molecule has 2 aliphatic carbocycles. The molecule has 2 aliphatic heterocycles. The van der Waals surface area contributed by atoms with Crippen LogP contribution in [-0.2, 0) is 20.6 Å². The highest BCUT2D eigenvalue weighted by Gasteiger charge is 2.70. The number of thiazole rings is 1. The van der Waals surface area contributed by atoms with Gasteiger partial charge in [-0.05, 0) is 66.6 Å². The van der Waals surface area contributed by atoms with E-state index in [0.29, 0.717) is 28.6 Å². The quantitative estimate of drug-likeness (QED) is 0.221. The number of anilines is 2. The fraction of sp³-hybridized carbons (Fsp3) is 0.314. The number of benzene rings is 3. The molecule has 3 amide bonds. The number of aromatic amines is 1. The van der Waals surface area contributed by atoms with Crippen molar-refractivity contribution in [2.75, 3.05) is 23.9 Å². The van der Waals surface area contributed by atoms with Gasteiger partial charge in [-0.3, -0.25) is 19.2 Å². The Labute approximate surface area is 285 Å². The Kier molecular flexibility index (Phi) is 7.63. The van der Waals surface area contributed by atoms with E-state index in [9.17, 15) is 32.3 Å². The molecule has 252 valence electrons. The summed E-state index contributed by atoms with van der Waals surface area (Å²) < 4.78 is 53.3. The number of nitrogens with zero attached hydrogens (tertiary/aromatic N) is 1. The van der Waals surface area contributed by atoms with Crippen LogP contribution in [0.3, 0.4) is 0 Å². The van der Waals surface area contributed by atoms with Gasteiger partial charge in [0, 0.05) is 27.3 Å². The van der Waals surface area contributed by atoms with Gasteiger partial charge in [0.25, 0.3) is 5.91 Å². The first-order valence-corrected chi connectivity index (χ1v) is 17.3. The first-order valence-electron chi connectivity index (χ1n) is 15.6. The van der Waals surface area contributed by atoms with Gasteiger partial charge < -0.3 is 19.8 Å². The Morgan fingerprint density at radius 2 is 1.65 bits per heavy atom. The maximum atomic E-state index is 14.1. The largest absolute Gasteiger partial charge is 0.497 e. The zero-order valence-corrected chi connectivity index (χ0v) is 27.4. The summed E-state index contributed by atoms with van der Waals surface area (Å²) in [5, 5.41) is 3.28. The molecule has 49 heavy (non-hydrogen) atoms. The maximum Gasteiger partial charge on any atom is 0.418 e. The monoisotopic (exact) mass is 707 g/mol. The van der Waals surface area contributed by atoms with E-state index < -0.39 is 47.0 Å². The number of imide groups is 1. The minimum absolute atomic E-state index is 0.185. The van der Waals surface area contributed by atoms with Gasteiger partial charge in [-0.2, -0.15) is 13.2 Å². The van der Waals surface area contributed by atoms with Crippen molar-refractivity contribution in [1.82, 2.24) is 4.98 Å². The van der Waals surface area contributed by atoms with Crippen molar-refractivity contribution in [3.05, 3.63) is 98.5 Å². The molecule has 4 unspecified atom stereocenters. The predicted octanol–water partition coefficient (Wildman–Crippen LogP) is 6.16. The molecule has 0 spiro atoms. The van der Waals surface area contributed by atoms with Crippen molar-refractivity contribution >= 4 is 52.2 Å². The average molecular weight is 708 g/mol. The maximum absolute atomic E-state index is 14.1. The highest BCUT2D eigenvalue weighted by Crippen LogP contribution is 2.69. The first kappa shape index (κ1) is 31.7. The Morgan fingerprint density at radius 3 is 2.39 bits per heavy atom. The Bertz CT molecular complexity index is 2050. The SMILES string of the molecule is COc1ccc(NC(=O)COc2ccccc2[C@H]2c3sc(=O)[nH]c3SC3C2[C@H]2C[C@@H]3C3C(=O)N(c4ccccc4C(F)(F)F)C(=O)C32)cc1. The molecule has 1 saturated heterocycles. The second-order valence-corrected chi connectivity index (χ2v) is 14.8. The standard InChI is InChI=1S/C35H28F3N3O6S2/c1-46-17-12-10-16(11-13-17)39-24(42)15-47-23-9-5-2-6-18(23)25-26-19-14-20(29(26)48-31-30(25)49-34(45)40-31)28-27(19)32(43)41(33(28)44)22-8-4-3-7-21(22)35(36,37)38/h2-13,19-20,25-29H,14-15H2,1H3,(H,39,42)(H,40,45)/t19-,20-,25-,26?,27?,28?,29?/m1/s1. The molecule has 2 saturated carbocycles. The number of rotatable bonds is 7. The summed E-state index contributed by atoms with van der Waals surface area (Å²) in [4.78, 5) is 57.8. The van der Waals surface area contributed by atoms with Crippen LogP contribution in [0.15, 0.2) is 82.6 Å². The number of methoxy groups -OCH3 is 1. The number of nitrogens with one attached hydrogen (secondary N) is 2. The first-order chi connectivity index (χ1) is 23.5. The smallest absolute Gasteiger partial charge is 0.418 e. The molecule has 3 aromatic carbocycles. The predicted molar refractivity (Wildman–Crippen MR) is 176 cm³/mol. The molecule has 4 aromatic rings. The number of carbonyl (C=O) groups is 3. The fourth-order valence-corrected chi connectivity index (χ4v) is 11.3. The van der Waals surface area contributed by atoms with Crippen molar-refractivity contribution in [2.45, 2.75) is 28.8 Å². The van der Waals surface area contributed by atoms with Crippen LogP contribution in [0, 0.1) is 29.6 Å². The van der Waals surface area contributed by atoms with E-state index in [1.165, 1.54) is 30.0 Å². The number of hydrogen-bond acceptors (Lipinski definition) is 8. The van der Waals surface area contributed by atoms with E-state index in [1.807, 2.05) is 12.1 Å². The van der Waals surface area contributed by atoms with Gasteiger partial charge in [-0.1, -0.05) is 41.7 Å². The van der Waals surface area contributed by atoms with Crippen molar-refractivity contribution in [1.29, 1.82) is 0 Å². The molecular formula is C35H28F3N3O6S2. The van der Waals surface area contributed by atoms with Crippen LogP contribution in [-0.4, -0.2) is 41.7 Å². The van der Waals surface area contributed by atoms with Crippen LogP contribution in [0.4, 0.5) is 24.5 Å². The molecule has 1 aromatic heterocycles. The topological polar surface area (TPSA) is 118 Å².